The molecule has 0 bridgehead atoms. The molecule has 6 heteroatoms. The number of rotatable bonds is 6. The highest BCUT2D eigenvalue weighted by Crippen LogP contribution is 2.06. The van der Waals surface area contributed by atoms with E-state index in [9.17, 15) is 4.79 Å². The Labute approximate surface area is 101 Å². The van der Waals surface area contributed by atoms with Crippen molar-refractivity contribution >= 4 is 11.9 Å². The van der Waals surface area contributed by atoms with Crippen molar-refractivity contribution in [2.75, 3.05) is 32.1 Å². The van der Waals surface area contributed by atoms with Crippen LogP contribution >= 0.6 is 0 Å². The molecule has 1 aromatic rings. The Morgan fingerprint density at radius 1 is 1.35 bits per heavy atom. The summed E-state index contributed by atoms with van der Waals surface area (Å²) in [4.78, 5) is 21.6. The van der Waals surface area contributed by atoms with E-state index in [-0.39, 0.29) is 12.5 Å². The van der Waals surface area contributed by atoms with Gasteiger partial charge in [-0.1, -0.05) is 0 Å². The number of nitrogens with zero attached hydrogens (tertiary/aromatic N) is 3. The van der Waals surface area contributed by atoms with Crippen LogP contribution in [0.1, 0.15) is 12.5 Å². The lowest BCUT2D eigenvalue weighted by atomic mass is 10.3. The van der Waals surface area contributed by atoms with E-state index >= 15 is 0 Å². The third-order valence-corrected chi connectivity index (χ3v) is 2.35. The molecule has 0 aliphatic carbocycles. The summed E-state index contributed by atoms with van der Waals surface area (Å²) in [6, 6.07) is 0. The van der Waals surface area contributed by atoms with Gasteiger partial charge in [0.05, 0.1) is 6.54 Å². The summed E-state index contributed by atoms with van der Waals surface area (Å²) < 4.78 is 0. The molecule has 0 atom stereocenters. The maximum absolute atomic E-state index is 11.3. The standard InChI is InChI=1S/C11H19N5O/c1-4-16(8-10(17)13-3)11-14-6-9(5-12-2)7-15-11/h6-7,12H,4-5,8H2,1-3H3,(H,13,17). The number of amides is 1. The predicted octanol–water partition coefficient (Wildman–Crippen LogP) is -0.232. The molecule has 0 aromatic carbocycles. The fourth-order valence-electron chi connectivity index (χ4n) is 1.38. The van der Waals surface area contributed by atoms with Crippen molar-refractivity contribution in [1.82, 2.24) is 20.6 Å². The third kappa shape index (κ3) is 3.99. The quantitative estimate of drug-likeness (QED) is 0.715. The Bertz CT molecular complexity index is 351. The molecule has 1 aromatic heterocycles. The highest BCUT2D eigenvalue weighted by molar-refractivity contribution is 5.80. The maximum atomic E-state index is 11.3. The summed E-state index contributed by atoms with van der Waals surface area (Å²) in [6.07, 6.45) is 3.54. The van der Waals surface area contributed by atoms with E-state index in [1.165, 1.54) is 0 Å². The third-order valence-electron chi connectivity index (χ3n) is 2.35. The maximum Gasteiger partial charge on any atom is 0.239 e. The van der Waals surface area contributed by atoms with Crippen LogP contribution in [0.5, 0.6) is 0 Å². The van der Waals surface area contributed by atoms with E-state index in [4.69, 9.17) is 0 Å². The summed E-state index contributed by atoms with van der Waals surface area (Å²) in [5.41, 5.74) is 1.02. The number of carbonyl (C=O) groups excluding carboxylic acids is 1. The van der Waals surface area contributed by atoms with Crippen molar-refractivity contribution in [2.24, 2.45) is 0 Å². The van der Waals surface area contributed by atoms with Crippen molar-refractivity contribution < 1.29 is 4.79 Å². The van der Waals surface area contributed by atoms with Crippen molar-refractivity contribution in [2.45, 2.75) is 13.5 Å². The number of hydrogen-bond donors (Lipinski definition) is 2. The van der Waals surface area contributed by atoms with Crippen LogP contribution in [-0.4, -0.2) is 43.1 Å². The molecule has 0 unspecified atom stereocenters. The van der Waals surface area contributed by atoms with E-state index in [1.807, 2.05) is 18.9 Å². The topological polar surface area (TPSA) is 70.2 Å². The van der Waals surface area contributed by atoms with Crippen LogP contribution in [0.25, 0.3) is 0 Å². The Morgan fingerprint density at radius 2 is 2.00 bits per heavy atom. The number of hydrogen-bond acceptors (Lipinski definition) is 5. The largest absolute Gasteiger partial charge is 0.358 e. The van der Waals surface area contributed by atoms with Crippen molar-refractivity contribution in [1.29, 1.82) is 0 Å². The van der Waals surface area contributed by atoms with Crippen LogP contribution in [0, 0.1) is 0 Å². The zero-order valence-electron chi connectivity index (χ0n) is 10.5. The molecule has 1 amide bonds. The molecule has 0 radical (unpaired) electrons. The molecule has 0 spiro atoms. The summed E-state index contributed by atoms with van der Waals surface area (Å²) in [6.45, 7) is 3.67. The molecule has 0 saturated heterocycles. The van der Waals surface area contributed by atoms with Gasteiger partial charge >= 0.3 is 0 Å². The Hall–Kier alpha value is -1.69. The Kier molecular flexibility index (Phi) is 5.35. The van der Waals surface area contributed by atoms with Gasteiger partial charge in [0, 0.05) is 38.1 Å². The van der Waals surface area contributed by atoms with Crippen LogP contribution < -0.4 is 15.5 Å². The van der Waals surface area contributed by atoms with Gasteiger partial charge in [0.15, 0.2) is 0 Å². The highest BCUT2D eigenvalue weighted by atomic mass is 16.1. The van der Waals surface area contributed by atoms with Gasteiger partial charge in [0.2, 0.25) is 11.9 Å². The first-order valence-corrected chi connectivity index (χ1v) is 5.62. The van der Waals surface area contributed by atoms with Crippen molar-refractivity contribution in [3.63, 3.8) is 0 Å². The van der Waals surface area contributed by atoms with Gasteiger partial charge in [-0.05, 0) is 14.0 Å². The minimum atomic E-state index is -0.0465. The molecular weight excluding hydrogens is 218 g/mol. The van der Waals surface area contributed by atoms with Crippen LogP contribution in [-0.2, 0) is 11.3 Å². The molecule has 2 N–H and O–H groups in total. The van der Waals surface area contributed by atoms with Gasteiger partial charge in [-0.25, -0.2) is 9.97 Å². The molecule has 1 rings (SSSR count). The first kappa shape index (κ1) is 13.4. The molecular formula is C11H19N5O. The Morgan fingerprint density at radius 3 is 2.47 bits per heavy atom. The lowest BCUT2D eigenvalue weighted by Crippen LogP contribution is -2.36. The van der Waals surface area contributed by atoms with Gasteiger partial charge < -0.3 is 15.5 Å². The number of carbonyl (C=O) groups is 1. The number of aromatic nitrogens is 2. The molecule has 17 heavy (non-hydrogen) atoms. The van der Waals surface area contributed by atoms with Gasteiger partial charge in [-0.15, -0.1) is 0 Å². The van der Waals surface area contributed by atoms with Gasteiger partial charge in [0.1, 0.15) is 0 Å². The van der Waals surface area contributed by atoms with E-state index in [1.54, 1.807) is 19.4 Å². The average molecular weight is 237 g/mol. The van der Waals surface area contributed by atoms with E-state index in [0.717, 1.165) is 12.1 Å². The number of likely N-dealkylation sites (N-methyl/N-ethyl adjacent to an activating group) is 2. The Balaban J connectivity index is 2.71. The summed E-state index contributed by atoms with van der Waals surface area (Å²) in [7, 11) is 3.49. The molecule has 94 valence electrons. The zero-order valence-corrected chi connectivity index (χ0v) is 10.5. The SMILES string of the molecule is CCN(CC(=O)NC)c1ncc(CNC)cn1. The van der Waals surface area contributed by atoms with Crippen LogP contribution in [0.15, 0.2) is 12.4 Å². The highest BCUT2D eigenvalue weighted by Gasteiger charge is 2.10. The summed E-state index contributed by atoms with van der Waals surface area (Å²) >= 11 is 0. The predicted molar refractivity (Wildman–Crippen MR) is 66.7 cm³/mol. The first-order chi connectivity index (χ1) is 8.21. The number of nitrogens with one attached hydrogen (secondary N) is 2. The smallest absolute Gasteiger partial charge is 0.239 e. The van der Waals surface area contributed by atoms with Gasteiger partial charge in [-0.3, -0.25) is 4.79 Å². The summed E-state index contributed by atoms with van der Waals surface area (Å²) in [5, 5.41) is 5.62. The molecule has 0 fully saturated rings. The lowest BCUT2D eigenvalue weighted by molar-refractivity contribution is -0.119. The van der Waals surface area contributed by atoms with Crippen LogP contribution in [0.4, 0.5) is 5.95 Å². The molecule has 0 saturated carbocycles. The molecule has 6 nitrogen and oxygen atoms in total. The second kappa shape index (κ2) is 6.80. The minimum Gasteiger partial charge on any atom is -0.358 e. The average Bonchev–Trinajstić information content (AvgIpc) is 2.37. The second-order valence-electron chi connectivity index (χ2n) is 3.61. The number of anilines is 1. The lowest BCUT2D eigenvalue weighted by Gasteiger charge is -2.19. The monoisotopic (exact) mass is 237 g/mol. The normalized spacial score (nSPS) is 10.1. The first-order valence-electron chi connectivity index (χ1n) is 5.62. The molecule has 0 aliphatic rings. The van der Waals surface area contributed by atoms with Crippen molar-refractivity contribution in [3.05, 3.63) is 18.0 Å². The fourth-order valence-corrected chi connectivity index (χ4v) is 1.38. The zero-order chi connectivity index (χ0) is 12.7. The van der Waals surface area contributed by atoms with E-state index in [0.29, 0.717) is 12.5 Å². The molecule has 1 heterocycles. The van der Waals surface area contributed by atoms with Crippen LogP contribution in [0.3, 0.4) is 0 Å². The van der Waals surface area contributed by atoms with E-state index in [2.05, 4.69) is 20.6 Å². The molecule has 0 aliphatic heterocycles. The summed E-state index contributed by atoms with van der Waals surface area (Å²) in [5.74, 6) is 0.533. The fraction of sp³-hybridized carbons (Fsp3) is 0.545. The van der Waals surface area contributed by atoms with Gasteiger partial charge in [-0.2, -0.15) is 0 Å². The van der Waals surface area contributed by atoms with Gasteiger partial charge in [0.25, 0.3) is 0 Å². The van der Waals surface area contributed by atoms with Crippen molar-refractivity contribution in [3.8, 4) is 0 Å². The van der Waals surface area contributed by atoms with Crippen LogP contribution in [0.2, 0.25) is 0 Å². The minimum absolute atomic E-state index is 0.0465. The second-order valence-corrected chi connectivity index (χ2v) is 3.61. The van der Waals surface area contributed by atoms with E-state index < -0.39 is 0 Å².